The molecule has 2 N–H and O–H groups in total. The number of rotatable bonds is 6. The molecule has 7 heteroatoms. The highest BCUT2D eigenvalue weighted by Gasteiger charge is 2.46. The maximum atomic E-state index is 9.84. The minimum Gasteiger partial charge on any atom is -0.396 e. The second kappa shape index (κ2) is 7.15. The topological polar surface area (TPSA) is 70.5 Å². The maximum absolute atomic E-state index is 9.84. The number of nitrogens with one attached hydrogen (secondary N) is 1. The van der Waals surface area contributed by atoms with Gasteiger partial charge in [0.15, 0.2) is 11.0 Å². The van der Waals surface area contributed by atoms with E-state index in [4.69, 9.17) is 16.3 Å². The Balaban J connectivity index is 1.35. The summed E-state index contributed by atoms with van der Waals surface area (Å²) in [5, 5.41) is 13.5. The minimum absolute atomic E-state index is 0.147. The van der Waals surface area contributed by atoms with E-state index in [-0.39, 0.29) is 18.6 Å². The van der Waals surface area contributed by atoms with Gasteiger partial charge >= 0.3 is 0 Å². The van der Waals surface area contributed by atoms with Gasteiger partial charge in [0.2, 0.25) is 0 Å². The number of anilines is 2. The molecule has 0 bridgehead atoms. The molecule has 0 amide bonds. The van der Waals surface area contributed by atoms with Crippen molar-refractivity contribution in [2.45, 2.75) is 19.1 Å². The molecule has 1 fully saturated rings. The zero-order valence-electron chi connectivity index (χ0n) is 13.8. The first-order chi connectivity index (χ1) is 12.3. The van der Waals surface area contributed by atoms with Crippen molar-refractivity contribution >= 4 is 23.1 Å². The Hall–Kier alpha value is -1.89. The Labute approximate surface area is 151 Å². The Morgan fingerprint density at radius 3 is 2.92 bits per heavy atom. The smallest absolute Gasteiger partial charge is 0.158 e. The predicted octanol–water partition coefficient (Wildman–Crippen LogP) is 2.53. The van der Waals surface area contributed by atoms with Crippen LogP contribution in [-0.2, 0) is 11.3 Å². The molecule has 132 valence electrons. The summed E-state index contributed by atoms with van der Waals surface area (Å²) in [7, 11) is 0. The molecule has 2 heterocycles. The lowest BCUT2D eigenvalue weighted by Crippen LogP contribution is -2.55. The molecule has 1 aliphatic carbocycles. The maximum Gasteiger partial charge on any atom is 0.158 e. The van der Waals surface area contributed by atoms with Crippen LogP contribution in [0.3, 0.4) is 0 Å². The summed E-state index contributed by atoms with van der Waals surface area (Å²) in [4.78, 5) is 10.5. The van der Waals surface area contributed by atoms with E-state index in [0.717, 1.165) is 17.9 Å². The molecule has 3 atom stereocenters. The summed E-state index contributed by atoms with van der Waals surface area (Å²) in [5.41, 5.74) is 1.95. The van der Waals surface area contributed by atoms with E-state index in [1.165, 1.54) is 11.9 Å². The zero-order valence-corrected chi connectivity index (χ0v) is 14.6. The molecular weight excluding hydrogens is 340 g/mol. The van der Waals surface area contributed by atoms with E-state index in [0.29, 0.717) is 31.0 Å². The lowest BCUT2D eigenvalue weighted by atomic mass is 9.69. The van der Waals surface area contributed by atoms with Crippen LogP contribution in [0.5, 0.6) is 0 Å². The van der Waals surface area contributed by atoms with Gasteiger partial charge in [-0.15, -0.1) is 0 Å². The first kappa shape index (κ1) is 16.6. The Bertz CT molecular complexity index is 730. The SMILES string of the molecule is OCC1C(COCc2ccccc2)CC1N1CNc2c(Cl)ncnc21. The van der Waals surface area contributed by atoms with E-state index in [1.807, 2.05) is 18.2 Å². The molecule has 3 unspecified atom stereocenters. The quantitative estimate of drug-likeness (QED) is 0.771. The number of aromatic nitrogens is 2. The van der Waals surface area contributed by atoms with Gasteiger partial charge in [-0.3, -0.25) is 0 Å². The van der Waals surface area contributed by atoms with Crippen LogP contribution in [-0.4, -0.2) is 41.0 Å². The zero-order chi connectivity index (χ0) is 17.2. The number of nitrogens with zero attached hydrogens (tertiary/aromatic N) is 3. The van der Waals surface area contributed by atoms with Gasteiger partial charge in [0.25, 0.3) is 0 Å². The Morgan fingerprint density at radius 2 is 2.12 bits per heavy atom. The van der Waals surface area contributed by atoms with Gasteiger partial charge in [0.05, 0.1) is 19.9 Å². The van der Waals surface area contributed by atoms with E-state index in [2.05, 4.69) is 32.3 Å². The number of aliphatic hydroxyl groups is 1. The largest absolute Gasteiger partial charge is 0.396 e. The van der Waals surface area contributed by atoms with Crippen molar-refractivity contribution in [3.63, 3.8) is 0 Å². The Morgan fingerprint density at radius 1 is 1.28 bits per heavy atom. The van der Waals surface area contributed by atoms with Crippen LogP contribution in [0.2, 0.25) is 5.15 Å². The molecule has 4 rings (SSSR count). The number of ether oxygens (including phenoxy) is 1. The second-order valence-corrected chi connectivity index (χ2v) is 6.94. The van der Waals surface area contributed by atoms with Crippen LogP contribution in [0, 0.1) is 11.8 Å². The monoisotopic (exact) mass is 360 g/mol. The molecule has 0 spiro atoms. The van der Waals surface area contributed by atoms with Gasteiger partial charge < -0.3 is 20.1 Å². The van der Waals surface area contributed by atoms with Crippen LogP contribution in [0.4, 0.5) is 11.5 Å². The summed E-state index contributed by atoms with van der Waals surface area (Å²) >= 11 is 6.12. The number of aliphatic hydroxyl groups excluding tert-OH is 1. The van der Waals surface area contributed by atoms with Gasteiger partial charge in [-0.25, -0.2) is 9.97 Å². The van der Waals surface area contributed by atoms with E-state index in [9.17, 15) is 5.11 Å². The predicted molar refractivity (Wildman–Crippen MR) is 96.6 cm³/mol. The van der Waals surface area contributed by atoms with Gasteiger partial charge in [0, 0.05) is 18.6 Å². The van der Waals surface area contributed by atoms with Gasteiger partial charge in [0.1, 0.15) is 12.0 Å². The van der Waals surface area contributed by atoms with Crippen molar-refractivity contribution in [2.75, 3.05) is 30.1 Å². The molecule has 2 aliphatic rings. The van der Waals surface area contributed by atoms with Gasteiger partial charge in [-0.05, 0) is 17.9 Å². The number of halogens is 1. The van der Waals surface area contributed by atoms with Crippen molar-refractivity contribution in [3.05, 3.63) is 47.4 Å². The molecule has 1 aromatic carbocycles. The van der Waals surface area contributed by atoms with Crippen LogP contribution in [0.15, 0.2) is 36.7 Å². The van der Waals surface area contributed by atoms with E-state index < -0.39 is 0 Å². The fourth-order valence-corrected chi connectivity index (χ4v) is 3.94. The van der Waals surface area contributed by atoms with Crippen LogP contribution in [0.25, 0.3) is 0 Å². The van der Waals surface area contributed by atoms with E-state index >= 15 is 0 Å². The summed E-state index contributed by atoms with van der Waals surface area (Å²) < 4.78 is 5.86. The molecule has 1 saturated carbocycles. The number of benzene rings is 1. The molecule has 6 nitrogen and oxygen atoms in total. The molecule has 0 radical (unpaired) electrons. The van der Waals surface area contributed by atoms with Crippen molar-refractivity contribution in [1.82, 2.24) is 9.97 Å². The molecule has 1 aliphatic heterocycles. The summed E-state index contributed by atoms with van der Waals surface area (Å²) in [6.45, 7) is 2.06. The molecule has 2 aromatic rings. The Kier molecular flexibility index (Phi) is 4.74. The van der Waals surface area contributed by atoms with Crippen molar-refractivity contribution in [3.8, 4) is 0 Å². The third-order valence-corrected chi connectivity index (χ3v) is 5.46. The van der Waals surface area contributed by atoms with Gasteiger partial charge in [-0.1, -0.05) is 41.9 Å². The number of hydrogen-bond donors (Lipinski definition) is 2. The number of hydrogen-bond acceptors (Lipinski definition) is 6. The minimum atomic E-state index is 0.147. The van der Waals surface area contributed by atoms with Gasteiger partial charge in [-0.2, -0.15) is 0 Å². The summed E-state index contributed by atoms with van der Waals surface area (Å²) in [6, 6.07) is 10.4. The second-order valence-electron chi connectivity index (χ2n) is 6.58. The molecule has 1 aromatic heterocycles. The van der Waals surface area contributed by atoms with Crippen LogP contribution in [0.1, 0.15) is 12.0 Å². The first-order valence-electron chi connectivity index (χ1n) is 8.51. The molecular formula is C18H21ClN4O2. The van der Waals surface area contributed by atoms with E-state index in [1.54, 1.807) is 0 Å². The normalized spacial score (nSPS) is 24.6. The fourth-order valence-electron chi connectivity index (χ4n) is 3.74. The standard InChI is InChI=1S/C18H21ClN4O2/c19-17-16-18(21-10-20-17)23(11-22-16)15-6-13(14(15)7-24)9-25-8-12-4-2-1-3-5-12/h1-5,10,13-15,22,24H,6-9,11H2. The molecule has 0 saturated heterocycles. The van der Waals surface area contributed by atoms with Crippen LogP contribution < -0.4 is 10.2 Å². The number of fused-ring (bicyclic) bond motifs is 1. The van der Waals surface area contributed by atoms with Crippen molar-refractivity contribution in [2.24, 2.45) is 11.8 Å². The fraction of sp³-hybridized carbons (Fsp3) is 0.444. The van der Waals surface area contributed by atoms with Crippen molar-refractivity contribution < 1.29 is 9.84 Å². The summed E-state index contributed by atoms with van der Waals surface area (Å²) in [5.74, 6) is 1.37. The highest BCUT2D eigenvalue weighted by molar-refractivity contribution is 6.32. The third-order valence-electron chi connectivity index (χ3n) is 5.18. The van der Waals surface area contributed by atoms with Crippen LogP contribution >= 0.6 is 11.6 Å². The average Bonchev–Trinajstić information content (AvgIpc) is 3.04. The highest BCUT2D eigenvalue weighted by Crippen LogP contribution is 2.44. The lowest BCUT2D eigenvalue weighted by Gasteiger charge is -2.48. The summed E-state index contributed by atoms with van der Waals surface area (Å²) in [6.07, 6.45) is 2.46. The third kappa shape index (κ3) is 3.17. The highest BCUT2D eigenvalue weighted by atomic mass is 35.5. The average molecular weight is 361 g/mol. The first-order valence-corrected chi connectivity index (χ1v) is 8.89. The lowest BCUT2D eigenvalue weighted by molar-refractivity contribution is -0.0143. The molecule has 25 heavy (non-hydrogen) atoms. The van der Waals surface area contributed by atoms with Crippen molar-refractivity contribution in [1.29, 1.82) is 0 Å².